The largest absolute Gasteiger partial charge is 0.477 e. The molecule has 1 heterocycles. The molecule has 8 nitrogen and oxygen atoms in total. The quantitative estimate of drug-likeness (QED) is 0.442. The van der Waals surface area contributed by atoms with Crippen molar-refractivity contribution in [3.05, 3.63) is 33.9 Å². The molecule has 2 rings (SSSR count). The molecule has 1 saturated heterocycles. The fraction of sp³-hybridized carbons (Fsp3) is 0.529. The van der Waals surface area contributed by atoms with Crippen LogP contribution < -0.4 is 4.74 Å². The molecule has 1 atom stereocenters. The van der Waals surface area contributed by atoms with Crippen LogP contribution in [-0.2, 0) is 14.3 Å². The molecule has 1 aliphatic rings. The van der Waals surface area contributed by atoms with Crippen molar-refractivity contribution in [1.29, 1.82) is 0 Å². The number of benzene rings is 1. The van der Waals surface area contributed by atoms with Crippen molar-refractivity contribution in [3.8, 4) is 5.75 Å². The number of piperidine rings is 1. The first-order valence-corrected chi connectivity index (χ1v) is 8.24. The van der Waals surface area contributed by atoms with Crippen molar-refractivity contribution in [1.82, 2.24) is 4.90 Å². The van der Waals surface area contributed by atoms with Gasteiger partial charge in [-0.25, -0.2) is 0 Å². The van der Waals surface area contributed by atoms with Crippen molar-refractivity contribution < 1.29 is 24.0 Å². The lowest BCUT2D eigenvalue weighted by Crippen LogP contribution is -2.44. The maximum atomic E-state index is 12.3. The zero-order valence-corrected chi connectivity index (χ0v) is 14.4. The van der Waals surface area contributed by atoms with Gasteiger partial charge in [0.2, 0.25) is 0 Å². The van der Waals surface area contributed by atoms with Gasteiger partial charge in [0, 0.05) is 19.2 Å². The number of rotatable bonds is 6. The van der Waals surface area contributed by atoms with Crippen molar-refractivity contribution in [2.75, 3.05) is 26.3 Å². The first kappa shape index (κ1) is 18.7. The predicted molar refractivity (Wildman–Crippen MR) is 89.3 cm³/mol. The highest BCUT2D eigenvalue weighted by atomic mass is 16.6. The second kappa shape index (κ2) is 8.46. The van der Waals surface area contributed by atoms with E-state index in [4.69, 9.17) is 9.47 Å². The van der Waals surface area contributed by atoms with Crippen LogP contribution >= 0.6 is 0 Å². The minimum atomic E-state index is -0.537. The van der Waals surface area contributed by atoms with Crippen LogP contribution in [0.1, 0.15) is 25.3 Å². The van der Waals surface area contributed by atoms with E-state index in [1.807, 2.05) is 0 Å². The Morgan fingerprint density at radius 3 is 2.84 bits per heavy atom. The number of nitrogens with zero attached hydrogens (tertiary/aromatic N) is 2. The first-order chi connectivity index (χ1) is 11.9. The summed E-state index contributed by atoms with van der Waals surface area (Å²) in [6, 6.07) is 4.57. The summed E-state index contributed by atoms with van der Waals surface area (Å²) in [6.45, 7) is 4.31. The van der Waals surface area contributed by atoms with Crippen LogP contribution in [0, 0.1) is 23.0 Å². The molecular formula is C17H22N2O6. The van der Waals surface area contributed by atoms with Crippen molar-refractivity contribution in [3.63, 3.8) is 0 Å². The summed E-state index contributed by atoms with van der Waals surface area (Å²) in [5, 5.41) is 11.1. The lowest BCUT2D eigenvalue weighted by Gasteiger charge is -2.31. The van der Waals surface area contributed by atoms with E-state index in [-0.39, 0.29) is 42.4 Å². The highest BCUT2D eigenvalue weighted by Crippen LogP contribution is 2.28. The van der Waals surface area contributed by atoms with Crippen LogP contribution in [0.2, 0.25) is 0 Å². The molecule has 0 aliphatic carbocycles. The number of hydrogen-bond donors (Lipinski definition) is 0. The van der Waals surface area contributed by atoms with E-state index in [0.29, 0.717) is 26.0 Å². The smallest absolute Gasteiger partial charge is 0.311 e. The van der Waals surface area contributed by atoms with Crippen molar-refractivity contribution in [2.45, 2.75) is 26.7 Å². The third kappa shape index (κ3) is 4.91. The van der Waals surface area contributed by atoms with Crippen LogP contribution in [-0.4, -0.2) is 48.0 Å². The zero-order valence-electron chi connectivity index (χ0n) is 14.4. The number of carbonyl (C=O) groups is 2. The molecule has 0 aromatic heterocycles. The van der Waals surface area contributed by atoms with Gasteiger partial charge in [-0.2, -0.15) is 0 Å². The molecule has 8 heteroatoms. The Morgan fingerprint density at radius 2 is 2.16 bits per heavy atom. The molecule has 0 radical (unpaired) electrons. The Kier molecular flexibility index (Phi) is 6.32. The van der Waals surface area contributed by atoms with Crippen LogP contribution in [0.5, 0.6) is 5.75 Å². The van der Waals surface area contributed by atoms with Gasteiger partial charge in [-0.05, 0) is 38.3 Å². The Morgan fingerprint density at radius 1 is 1.40 bits per heavy atom. The number of nitro benzene ring substituents is 1. The zero-order chi connectivity index (χ0) is 18.4. The van der Waals surface area contributed by atoms with E-state index in [1.54, 1.807) is 24.8 Å². The molecule has 1 aromatic rings. The molecule has 136 valence electrons. The summed E-state index contributed by atoms with van der Waals surface area (Å²) in [4.78, 5) is 36.2. The highest BCUT2D eigenvalue weighted by molar-refractivity contribution is 5.79. The van der Waals surface area contributed by atoms with Crippen LogP contribution in [0.25, 0.3) is 0 Å². The number of likely N-dealkylation sites (tertiary alicyclic amines) is 1. The van der Waals surface area contributed by atoms with Gasteiger partial charge in [0.05, 0.1) is 17.4 Å². The molecule has 1 amide bonds. The standard InChI is InChI=1S/C17H22N2O6/c1-3-24-17(21)13-5-4-8-18(10-13)16(20)11-25-15-7-6-12(2)9-14(15)19(22)23/h6-7,9,13H,3-5,8,10-11H2,1-2H3. The van der Waals surface area contributed by atoms with Crippen LogP contribution in [0.3, 0.4) is 0 Å². The Bertz CT molecular complexity index is 661. The second-order valence-corrected chi connectivity index (χ2v) is 5.95. The molecule has 0 bridgehead atoms. The monoisotopic (exact) mass is 350 g/mol. The predicted octanol–water partition coefficient (Wildman–Crippen LogP) is 2.08. The first-order valence-electron chi connectivity index (χ1n) is 8.24. The highest BCUT2D eigenvalue weighted by Gasteiger charge is 2.29. The van der Waals surface area contributed by atoms with E-state index in [9.17, 15) is 19.7 Å². The summed E-state index contributed by atoms with van der Waals surface area (Å²) in [5.41, 5.74) is 0.564. The van der Waals surface area contributed by atoms with E-state index < -0.39 is 4.92 Å². The van der Waals surface area contributed by atoms with Gasteiger partial charge < -0.3 is 14.4 Å². The topological polar surface area (TPSA) is 99.0 Å². The van der Waals surface area contributed by atoms with Crippen LogP contribution in [0.15, 0.2) is 18.2 Å². The number of nitro groups is 1. The molecule has 0 N–H and O–H groups in total. The Hall–Kier alpha value is -2.64. The number of esters is 1. The van der Waals surface area contributed by atoms with Gasteiger partial charge >= 0.3 is 11.7 Å². The minimum absolute atomic E-state index is 0.0582. The van der Waals surface area contributed by atoms with Crippen molar-refractivity contribution in [2.24, 2.45) is 5.92 Å². The number of carbonyl (C=O) groups excluding carboxylic acids is 2. The molecule has 0 spiro atoms. The minimum Gasteiger partial charge on any atom is -0.477 e. The summed E-state index contributed by atoms with van der Waals surface area (Å²) < 4.78 is 10.4. The number of amides is 1. The maximum absolute atomic E-state index is 12.3. The van der Waals surface area contributed by atoms with Gasteiger partial charge in [0.1, 0.15) is 0 Å². The van der Waals surface area contributed by atoms with Gasteiger partial charge in [-0.15, -0.1) is 0 Å². The SMILES string of the molecule is CCOC(=O)C1CCCN(C(=O)COc2ccc(C)cc2[N+](=O)[O-])C1. The van der Waals surface area contributed by atoms with Gasteiger partial charge in [0.15, 0.2) is 12.4 Å². The molecular weight excluding hydrogens is 328 g/mol. The van der Waals surface area contributed by atoms with Gasteiger partial charge in [0.25, 0.3) is 5.91 Å². The molecule has 25 heavy (non-hydrogen) atoms. The molecule has 0 saturated carbocycles. The van der Waals surface area contributed by atoms with Crippen molar-refractivity contribution >= 4 is 17.6 Å². The van der Waals surface area contributed by atoms with E-state index in [1.165, 1.54) is 12.1 Å². The normalized spacial score (nSPS) is 17.0. The Balaban J connectivity index is 1.96. The fourth-order valence-electron chi connectivity index (χ4n) is 2.78. The average molecular weight is 350 g/mol. The summed E-state index contributed by atoms with van der Waals surface area (Å²) in [6.07, 6.45) is 1.40. The summed E-state index contributed by atoms with van der Waals surface area (Å²) in [7, 11) is 0. The van der Waals surface area contributed by atoms with E-state index >= 15 is 0 Å². The number of hydrogen-bond acceptors (Lipinski definition) is 6. The molecule has 1 unspecified atom stereocenters. The van der Waals surface area contributed by atoms with Crippen LogP contribution in [0.4, 0.5) is 5.69 Å². The third-order valence-electron chi connectivity index (χ3n) is 4.06. The third-order valence-corrected chi connectivity index (χ3v) is 4.06. The number of ether oxygens (including phenoxy) is 2. The van der Waals surface area contributed by atoms with E-state index in [2.05, 4.69) is 0 Å². The average Bonchev–Trinajstić information content (AvgIpc) is 2.60. The fourth-order valence-corrected chi connectivity index (χ4v) is 2.78. The molecule has 1 aliphatic heterocycles. The molecule has 1 aromatic carbocycles. The van der Waals surface area contributed by atoms with Gasteiger partial charge in [-0.3, -0.25) is 19.7 Å². The van der Waals surface area contributed by atoms with Gasteiger partial charge in [-0.1, -0.05) is 6.07 Å². The molecule has 1 fully saturated rings. The lowest BCUT2D eigenvalue weighted by molar-refractivity contribution is -0.385. The maximum Gasteiger partial charge on any atom is 0.311 e. The lowest BCUT2D eigenvalue weighted by atomic mass is 9.98. The Labute approximate surface area is 145 Å². The number of aryl methyl sites for hydroxylation is 1. The second-order valence-electron chi connectivity index (χ2n) is 5.95. The summed E-state index contributed by atoms with van der Waals surface area (Å²) >= 11 is 0. The summed E-state index contributed by atoms with van der Waals surface area (Å²) in [5.74, 6) is -0.867. The van der Waals surface area contributed by atoms with E-state index in [0.717, 1.165) is 5.56 Å².